The molecule has 3 rings (SSSR count). The third kappa shape index (κ3) is 4.23. The number of amides is 1. The van der Waals surface area contributed by atoms with E-state index < -0.39 is 0 Å². The van der Waals surface area contributed by atoms with Crippen LogP contribution < -0.4 is 5.32 Å². The molecule has 1 amide bonds. The van der Waals surface area contributed by atoms with Gasteiger partial charge in [-0.1, -0.05) is 13.8 Å². The Morgan fingerprint density at radius 2 is 1.96 bits per heavy atom. The summed E-state index contributed by atoms with van der Waals surface area (Å²) < 4.78 is 2.06. The minimum Gasteiger partial charge on any atom is -0.340 e. The Morgan fingerprint density at radius 3 is 2.56 bits per heavy atom. The average molecular weight is 348 g/mol. The van der Waals surface area contributed by atoms with E-state index in [9.17, 15) is 4.79 Å². The van der Waals surface area contributed by atoms with Crippen molar-refractivity contribution in [1.82, 2.24) is 24.9 Å². The molecule has 3 heterocycles. The fourth-order valence-electron chi connectivity index (χ4n) is 4.06. The summed E-state index contributed by atoms with van der Waals surface area (Å²) in [6.45, 7) is 15.4. The molecule has 6 nitrogen and oxygen atoms in total. The van der Waals surface area contributed by atoms with Gasteiger partial charge in [-0.05, 0) is 32.7 Å². The minimum absolute atomic E-state index is 0.250. The molecule has 1 unspecified atom stereocenters. The first-order chi connectivity index (χ1) is 12.0. The number of nitrogens with zero attached hydrogens (tertiary/aromatic N) is 4. The predicted octanol–water partition coefficient (Wildman–Crippen LogP) is 1.20. The van der Waals surface area contributed by atoms with E-state index in [-0.39, 0.29) is 5.91 Å². The highest BCUT2D eigenvalue weighted by Crippen LogP contribution is 2.18. The number of hydrogen-bond acceptors (Lipinski definition) is 4. The number of nitrogens with one attached hydrogen (secondary N) is 1. The zero-order chi connectivity index (χ0) is 18.0. The Morgan fingerprint density at radius 1 is 1.24 bits per heavy atom. The summed E-state index contributed by atoms with van der Waals surface area (Å²) in [5.41, 5.74) is 3.27. The number of piperazine rings is 1. The van der Waals surface area contributed by atoms with Crippen LogP contribution in [0, 0.1) is 19.8 Å². The number of carbonyl (C=O) groups excluding carboxylic acids is 1. The summed E-state index contributed by atoms with van der Waals surface area (Å²) >= 11 is 0. The lowest BCUT2D eigenvalue weighted by molar-refractivity contribution is -0.132. The summed E-state index contributed by atoms with van der Waals surface area (Å²) in [7, 11) is 0. The van der Waals surface area contributed by atoms with Crippen LogP contribution in [0.2, 0.25) is 0 Å². The Kier molecular flexibility index (Phi) is 5.79. The molecule has 140 valence electrons. The standard InChI is InChI=1S/C19H33N5O/c1-14(2)13-24-16(4)18(15(3)21-24)11-19(25)23-9-7-22(8-10-23)17-5-6-20-12-17/h14,17,20H,5-13H2,1-4H3. The predicted molar refractivity (Wildman–Crippen MR) is 99.7 cm³/mol. The first-order valence-electron chi connectivity index (χ1n) is 9.71. The number of carbonyl (C=O) groups is 1. The fraction of sp³-hybridized carbons (Fsp3) is 0.789. The molecule has 0 bridgehead atoms. The maximum Gasteiger partial charge on any atom is 0.227 e. The fourth-order valence-corrected chi connectivity index (χ4v) is 4.06. The lowest BCUT2D eigenvalue weighted by Crippen LogP contribution is -2.52. The van der Waals surface area contributed by atoms with Crippen molar-refractivity contribution in [2.24, 2.45) is 5.92 Å². The van der Waals surface area contributed by atoms with E-state index >= 15 is 0 Å². The zero-order valence-corrected chi connectivity index (χ0v) is 16.2. The van der Waals surface area contributed by atoms with Crippen molar-refractivity contribution < 1.29 is 4.79 Å². The molecule has 25 heavy (non-hydrogen) atoms. The van der Waals surface area contributed by atoms with Gasteiger partial charge in [0.05, 0.1) is 12.1 Å². The molecule has 0 spiro atoms. The maximum atomic E-state index is 12.8. The van der Waals surface area contributed by atoms with Crippen molar-refractivity contribution >= 4 is 5.91 Å². The van der Waals surface area contributed by atoms with Crippen LogP contribution in [0.1, 0.15) is 37.2 Å². The molecule has 1 aromatic rings. The van der Waals surface area contributed by atoms with Gasteiger partial charge < -0.3 is 10.2 Å². The molecule has 0 saturated carbocycles. The summed E-state index contributed by atoms with van der Waals surface area (Å²) in [5, 5.41) is 8.08. The van der Waals surface area contributed by atoms with Gasteiger partial charge in [-0.25, -0.2) is 0 Å². The second-order valence-corrected chi connectivity index (χ2v) is 7.97. The molecule has 1 atom stereocenters. The molecular formula is C19H33N5O. The van der Waals surface area contributed by atoms with Crippen LogP contribution in [0.3, 0.4) is 0 Å². The van der Waals surface area contributed by atoms with E-state index in [0.717, 1.165) is 62.8 Å². The summed E-state index contributed by atoms with van der Waals surface area (Å²) in [5.74, 6) is 0.805. The van der Waals surface area contributed by atoms with Crippen molar-refractivity contribution in [2.45, 2.75) is 53.1 Å². The average Bonchev–Trinajstić information content (AvgIpc) is 3.19. The minimum atomic E-state index is 0.250. The molecule has 0 radical (unpaired) electrons. The Bertz CT molecular complexity index is 595. The maximum absolute atomic E-state index is 12.8. The molecule has 0 aliphatic carbocycles. The Hall–Kier alpha value is -1.40. The van der Waals surface area contributed by atoms with Crippen molar-refractivity contribution in [3.8, 4) is 0 Å². The molecule has 2 aliphatic rings. The zero-order valence-electron chi connectivity index (χ0n) is 16.2. The van der Waals surface area contributed by atoms with Crippen molar-refractivity contribution in [2.75, 3.05) is 39.3 Å². The topological polar surface area (TPSA) is 53.4 Å². The quantitative estimate of drug-likeness (QED) is 0.870. The molecule has 2 fully saturated rings. The van der Waals surface area contributed by atoms with Crippen LogP contribution in [0.5, 0.6) is 0 Å². The third-order valence-corrected chi connectivity index (χ3v) is 5.62. The Labute approximate surface area is 151 Å². The molecule has 6 heteroatoms. The van der Waals surface area contributed by atoms with Crippen molar-refractivity contribution in [3.63, 3.8) is 0 Å². The van der Waals surface area contributed by atoms with Gasteiger partial charge in [0.25, 0.3) is 0 Å². The van der Waals surface area contributed by atoms with Gasteiger partial charge in [0.1, 0.15) is 0 Å². The van der Waals surface area contributed by atoms with E-state index in [4.69, 9.17) is 0 Å². The molecule has 2 saturated heterocycles. The van der Waals surface area contributed by atoms with Crippen LogP contribution in [-0.4, -0.2) is 70.8 Å². The van der Waals surface area contributed by atoms with E-state index in [1.807, 2.05) is 11.8 Å². The lowest BCUT2D eigenvalue weighted by atomic mass is 10.1. The SMILES string of the molecule is Cc1nn(CC(C)C)c(C)c1CC(=O)N1CCN(C2CCNC2)CC1. The first-order valence-corrected chi connectivity index (χ1v) is 9.71. The van der Waals surface area contributed by atoms with Gasteiger partial charge in [0.2, 0.25) is 5.91 Å². The van der Waals surface area contributed by atoms with Gasteiger partial charge >= 0.3 is 0 Å². The number of hydrogen-bond donors (Lipinski definition) is 1. The summed E-state index contributed by atoms with van der Waals surface area (Å²) in [4.78, 5) is 17.4. The van der Waals surface area contributed by atoms with Gasteiger partial charge in [-0.3, -0.25) is 14.4 Å². The van der Waals surface area contributed by atoms with Crippen molar-refractivity contribution in [1.29, 1.82) is 0 Å². The highest BCUT2D eigenvalue weighted by atomic mass is 16.2. The van der Waals surface area contributed by atoms with Crippen LogP contribution in [0.4, 0.5) is 0 Å². The molecule has 2 aliphatic heterocycles. The van der Waals surface area contributed by atoms with E-state index in [2.05, 4.69) is 40.8 Å². The highest BCUT2D eigenvalue weighted by Gasteiger charge is 2.28. The third-order valence-electron chi connectivity index (χ3n) is 5.62. The molecule has 1 aromatic heterocycles. The first kappa shape index (κ1) is 18.4. The Balaban J connectivity index is 1.57. The number of rotatable bonds is 5. The smallest absolute Gasteiger partial charge is 0.227 e. The molecular weight excluding hydrogens is 314 g/mol. The van der Waals surface area contributed by atoms with Gasteiger partial charge in [0.15, 0.2) is 0 Å². The van der Waals surface area contributed by atoms with E-state index in [1.165, 1.54) is 6.42 Å². The van der Waals surface area contributed by atoms with Crippen LogP contribution in [0.25, 0.3) is 0 Å². The molecule has 0 aromatic carbocycles. The highest BCUT2D eigenvalue weighted by molar-refractivity contribution is 5.79. The van der Waals surface area contributed by atoms with E-state index in [0.29, 0.717) is 18.4 Å². The van der Waals surface area contributed by atoms with Gasteiger partial charge in [-0.2, -0.15) is 5.10 Å². The lowest BCUT2D eigenvalue weighted by Gasteiger charge is -2.37. The van der Waals surface area contributed by atoms with Crippen molar-refractivity contribution in [3.05, 3.63) is 17.0 Å². The molecule has 1 N–H and O–H groups in total. The summed E-state index contributed by atoms with van der Waals surface area (Å²) in [6, 6.07) is 0.663. The van der Waals surface area contributed by atoms with Crippen LogP contribution in [0.15, 0.2) is 0 Å². The van der Waals surface area contributed by atoms with Gasteiger partial charge in [0, 0.05) is 56.6 Å². The normalized spacial score (nSPS) is 22.1. The summed E-state index contributed by atoms with van der Waals surface area (Å²) in [6.07, 6.45) is 1.72. The van der Waals surface area contributed by atoms with Gasteiger partial charge in [-0.15, -0.1) is 0 Å². The second kappa shape index (κ2) is 7.87. The monoisotopic (exact) mass is 347 g/mol. The number of aryl methyl sites for hydroxylation is 1. The van der Waals surface area contributed by atoms with Crippen LogP contribution >= 0.6 is 0 Å². The van der Waals surface area contributed by atoms with Crippen LogP contribution in [-0.2, 0) is 17.8 Å². The second-order valence-electron chi connectivity index (χ2n) is 7.97. The largest absolute Gasteiger partial charge is 0.340 e. The van der Waals surface area contributed by atoms with E-state index in [1.54, 1.807) is 0 Å². The number of aromatic nitrogens is 2.